The quantitative estimate of drug-likeness (QED) is 0.617. The number of rotatable bonds is 10. The van der Waals surface area contributed by atoms with Crippen LogP contribution in [0, 0.1) is 13.8 Å². The normalized spacial score (nSPS) is 11.4. The van der Waals surface area contributed by atoms with Gasteiger partial charge in [0, 0.05) is 19.5 Å². The highest BCUT2D eigenvalue weighted by molar-refractivity contribution is 7.92. The third-order valence-electron chi connectivity index (χ3n) is 4.44. The van der Waals surface area contributed by atoms with Crippen LogP contribution in [-0.4, -0.2) is 33.2 Å². The van der Waals surface area contributed by atoms with Gasteiger partial charge in [-0.1, -0.05) is 18.2 Å². The van der Waals surface area contributed by atoms with Gasteiger partial charge in [-0.15, -0.1) is 0 Å². The smallest absolute Gasteiger partial charge is 0.232 e. The predicted octanol–water partition coefficient (Wildman–Crippen LogP) is 3.95. The van der Waals surface area contributed by atoms with Gasteiger partial charge in [0.15, 0.2) is 0 Å². The zero-order valence-corrected chi connectivity index (χ0v) is 19.3. The summed E-state index contributed by atoms with van der Waals surface area (Å²) in [7, 11) is -3.43. The molecule has 2 aromatic rings. The van der Waals surface area contributed by atoms with Crippen molar-refractivity contribution in [2.75, 3.05) is 17.1 Å². The van der Waals surface area contributed by atoms with E-state index in [2.05, 4.69) is 5.32 Å². The Hall–Kier alpha value is -2.54. The molecule has 30 heavy (non-hydrogen) atoms. The molecular formula is C23H32N2O4S. The molecule has 2 rings (SSSR count). The van der Waals surface area contributed by atoms with Crippen LogP contribution in [0.15, 0.2) is 42.5 Å². The Labute approximate surface area is 180 Å². The Kier molecular flexibility index (Phi) is 8.29. The molecule has 0 atom stereocenters. The van der Waals surface area contributed by atoms with Crippen LogP contribution in [0.4, 0.5) is 5.69 Å². The van der Waals surface area contributed by atoms with Crippen molar-refractivity contribution in [1.29, 1.82) is 0 Å². The number of benzene rings is 2. The highest BCUT2D eigenvalue weighted by Crippen LogP contribution is 2.22. The molecule has 7 heteroatoms. The maximum absolute atomic E-state index is 12.3. The Balaban J connectivity index is 1.87. The number of hydrogen-bond donors (Lipinski definition) is 1. The molecule has 0 aliphatic carbocycles. The summed E-state index contributed by atoms with van der Waals surface area (Å²) in [6, 6.07) is 13.3. The predicted molar refractivity (Wildman–Crippen MR) is 121 cm³/mol. The molecule has 0 unspecified atom stereocenters. The van der Waals surface area contributed by atoms with Crippen LogP contribution in [0.2, 0.25) is 0 Å². The van der Waals surface area contributed by atoms with Gasteiger partial charge >= 0.3 is 0 Å². The minimum absolute atomic E-state index is 0.105. The fourth-order valence-corrected chi connectivity index (χ4v) is 4.16. The minimum atomic E-state index is -3.43. The van der Waals surface area contributed by atoms with Crippen LogP contribution in [-0.2, 0) is 21.4 Å². The second-order valence-electron chi connectivity index (χ2n) is 7.87. The van der Waals surface area contributed by atoms with Crippen LogP contribution in [0.3, 0.4) is 0 Å². The summed E-state index contributed by atoms with van der Waals surface area (Å²) in [4.78, 5) is 12.2. The first-order chi connectivity index (χ1) is 14.0. The summed E-state index contributed by atoms with van der Waals surface area (Å²) in [5.74, 6) is 0.693. The van der Waals surface area contributed by atoms with E-state index >= 15 is 0 Å². The summed E-state index contributed by atoms with van der Waals surface area (Å²) in [6.07, 6.45) is 2.00. The molecule has 0 spiro atoms. The first kappa shape index (κ1) is 23.7. The van der Waals surface area contributed by atoms with Crippen LogP contribution in [0.1, 0.15) is 43.4 Å². The number of amides is 1. The Morgan fingerprint density at radius 2 is 1.67 bits per heavy atom. The maximum Gasteiger partial charge on any atom is 0.232 e. The molecule has 0 bridgehead atoms. The topological polar surface area (TPSA) is 75.7 Å². The van der Waals surface area contributed by atoms with E-state index in [1.54, 1.807) is 0 Å². The zero-order chi connectivity index (χ0) is 22.3. The van der Waals surface area contributed by atoms with Gasteiger partial charge in [-0.2, -0.15) is 0 Å². The van der Waals surface area contributed by atoms with E-state index in [1.807, 2.05) is 70.2 Å². The summed E-state index contributed by atoms with van der Waals surface area (Å²) < 4.78 is 31.5. The standard InChI is InChI=1S/C23H32N2O4S/c1-17(2)29-22-10-8-20(9-11-22)16-24-23(26)7-6-12-25(30(5,27)28)21-14-18(3)13-19(4)15-21/h8-11,13-15,17H,6-7,12,16H2,1-5H3,(H,24,26). The van der Waals surface area contributed by atoms with Crippen LogP contribution >= 0.6 is 0 Å². The van der Waals surface area contributed by atoms with E-state index in [0.717, 1.165) is 22.4 Å². The van der Waals surface area contributed by atoms with Crippen molar-refractivity contribution in [2.45, 2.75) is 53.2 Å². The third kappa shape index (κ3) is 7.71. The number of hydrogen-bond acceptors (Lipinski definition) is 4. The highest BCUT2D eigenvalue weighted by Gasteiger charge is 2.18. The SMILES string of the molecule is Cc1cc(C)cc(N(CCCC(=O)NCc2ccc(OC(C)C)cc2)S(C)(=O)=O)c1. The first-order valence-electron chi connectivity index (χ1n) is 10.1. The van der Waals surface area contributed by atoms with Crippen LogP contribution in [0.25, 0.3) is 0 Å². The van der Waals surface area contributed by atoms with Crippen LogP contribution < -0.4 is 14.4 Å². The lowest BCUT2D eigenvalue weighted by molar-refractivity contribution is -0.121. The molecule has 6 nitrogen and oxygen atoms in total. The van der Waals surface area contributed by atoms with Crippen molar-refractivity contribution in [1.82, 2.24) is 5.32 Å². The lowest BCUT2D eigenvalue weighted by atomic mass is 10.1. The molecule has 2 aromatic carbocycles. The van der Waals surface area contributed by atoms with Crippen molar-refractivity contribution >= 4 is 21.6 Å². The van der Waals surface area contributed by atoms with Gasteiger partial charge < -0.3 is 10.1 Å². The molecule has 0 aliphatic rings. The van der Waals surface area contributed by atoms with Gasteiger partial charge in [0.25, 0.3) is 0 Å². The van der Waals surface area contributed by atoms with Crippen molar-refractivity contribution in [2.24, 2.45) is 0 Å². The monoisotopic (exact) mass is 432 g/mol. The van der Waals surface area contributed by atoms with Gasteiger partial charge in [-0.3, -0.25) is 9.10 Å². The van der Waals surface area contributed by atoms with E-state index in [4.69, 9.17) is 4.74 Å². The molecule has 1 N–H and O–H groups in total. The lowest BCUT2D eigenvalue weighted by Gasteiger charge is -2.23. The molecule has 164 valence electrons. The number of anilines is 1. The van der Waals surface area contributed by atoms with E-state index in [-0.39, 0.29) is 25.0 Å². The van der Waals surface area contributed by atoms with Crippen molar-refractivity contribution in [3.05, 3.63) is 59.2 Å². The van der Waals surface area contributed by atoms with E-state index < -0.39 is 10.0 Å². The summed E-state index contributed by atoms with van der Waals surface area (Å²) in [5, 5.41) is 2.88. The third-order valence-corrected chi connectivity index (χ3v) is 5.64. The number of nitrogens with zero attached hydrogens (tertiary/aromatic N) is 1. The number of sulfonamides is 1. The number of aryl methyl sites for hydroxylation is 2. The number of ether oxygens (including phenoxy) is 1. The molecule has 0 aromatic heterocycles. The second kappa shape index (κ2) is 10.5. The molecule has 0 fully saturated rings. The van der Waals surface area contributed by atoms with Gasteiger partial charge in [0.05, 0.1) is 18.0 Å². The maximum atomic E-state index is 12.3. The lowest BCUT2D eigenvalue weighted by Crippen LogP contribution is -2.32. The molecule has 0 heterocycles. The van der Waals surface area contributed by atoms with Crippen LogP contribution in [0.5, 0.6) is 5.75 Å². The number of carbonyl (C=O) groups excluding carboxylic acids is 1. The van der Waals surface area contributed by atoms with E-state index in [1.165, 1.54) is 10.6 Å². The molecule has 0 saturated carbocycles. The fraction of sp³-hybridized carbons (Fsp3) is 0.435. The Morgan fingerprint density at radius 1 is 1.07 bits per heavy atom. The summed E-state index contributed by atoms with van der Waals surface area (Å²) in [6.45, 7) is 8.50. The molecule has 1 amide bonds. The number of nitrogens with one attached hydrogen (secondary N) is 1. The zero-order valence-electron chi connectivity index (χ0n) is 18.4. The molecule has 0 radical (unpaired) electrons. The molecule has 0 aliphatic heterocycles. The Bertz CT molecular complexity index is 933. The average Bonchev–Trinajstić information content (AvgIpc) is 2.62. The van der Waals surface area contributed by atoms with Crippen molar-refractivity contribution in [3.63, 3.8) is 0 Å². The highest BCUT2D eigenvalue weighted by atomic mass is 32.2. The van der Waals surface area contributed by atoms with Crippen molar-refractivity contribution in [3.8, 4) is 5.75 Å². The largest absolute Gasteiger partial charge is 0.491 e. The van der Waals surface area contributed by atoms with Gasteiger partial charge in [-0.25, -0.2) is 8.42 Å². The van der Waals surface area contributed by atoms with E-state index in [0.29, 0.717) is 18.7 Å². The van der Waals surface area contributed by atoms with Gasteiger partial charge in [0.1, 0.15) is 5.75 Å². The summed E-state index contributed by atoms with van der Waals surface area (Å²) >= 11 is 0. The minimum Gasteiger partial charge on any atom is -0.491 e. The molecule has 0 saturated heterocycles. The Morgan fingerprint density at radius 3 is 2.20 bits per heavy atom. The van der Waals surface area contributed by atoms with Gasteiger partial charge in [0.2, 0.25) is 15.9 Å². The average molecular weight is 433 g/mol. The first-order valence-corrected chi connectivity index (χ1v) is 12.0. The summed E-state index contributed by atoms with van der Waals surface area (Å²) in [5.41, 5.74) is 3.62. The fourth-order valence-electron chi connectivity index (χ4n) is 3.21. The van der Waals surface area contributed by atoms with Crippen molar-refractivity contribution < 1.29 is 17.9 Å². The van der Waals surface area contributed by atoms with E-state index in [9.17, 15) is 13.2 Å². The molecular weight excluding hydrogens is 400 g/mol. The second-order valence-corrected chi connectivity index (χ2v) is 9.78. The number of carbonyl (C=O) groups is 1. The van der Waals surface area contributed by atoms with Gasteiger partial charge in [-0.05, 0) is 75.1 Å².